The van der Waals surface area contributed by atoms with Gasteiger partial charge in [0.25, 0.3) is 0 Å². The van der Waals surface area contributed by atoms with Crippen LogP contribution in [0.3, 0.4) is 0 Å². The number of aromatic nitrogens is 3. The zero-order chi connectivity index (χ0) is 13.7. The Morgan fingerprint density at radius 1 is 1.58 bits per heavy atom. The molecule has 0 saturated carbocycles. The Hall–Kier alpha value is -2.53. The quantitative estimate of drug-likeness (QED) is 0.715. The Balaban J connectivity index is 1.89. The molecule has 1 aromatic heterocycles. The summed E-state index contributed by atoms with van der Waals surface area (Å²) >= 11 is 1.17. The largest absolute Gasteiger partial charge is 0.368 e. The molecule has 4 N–H and O–H groups in total. The number of nitrogens with two attached hydrogens (primary N) is 1. The number of benzene rings is 1. The number of aromatic amines is 1. The first-order valence-corrected chi connectivity index (χ1v) is 6.26. The molecule has 2 rings (SSSR count). The van der Waals surface area contributed by atoms with Crippen molar-refractivity contribution in [1.82, 2.24) is 15.2 Å². The number of amides is 1. The van der Waals surface area contributed by atoms with Crippen LogP contribution in [-0.4, -0.2) is 26.8 Å². The average Bonchev–Trinajstić information content (AvgIpc) is 2.82. The van der Waals surface area contributed by atoms with Crippen LogP contribution in [0.5, 0.6) is 0 Å². The second-order valence-electron chi connectivity index (χ2n) is 3.53. The lowest BCUT2D eigenvalue weighted by molar-refractivity contribution is -0.113. The molecule has 19 heavy (non-hydrogen) atoms. The Kier molecular flexibility index (Phi) is 4.00. The van der Waals surface area contributed by atoms with Gasteiger partial charge in [-0.25, -0.2) is 5.10 Å². The summed E-state index contributed by atoms with van der Waals surface area (Å²) in [6.07, 6.45) is 0. The molecule has 1 amide bonds. The Morgan fingerprint density at radius 2 is 2.42 bits per heavy atom. The first-order chi connectivity index (χ1) is 9.17. The Morgan fingerprint density at radius 3 is 3.11 bits per heavy atom. The van der Waals surface area contributed by atoms with Gasteiger partial charge in [-0.05, 0) is 18.2 Å². The first kappa shape index (κ1) is 12.9. The van der Waals surface area contributed by atoms with Crippen molar-refractivity contribution in [3.05, 3.63) is 29.8 Å². The van der Waals surface area contributed by atoms with Gasteiger partial charge in [0.05, 0.1) is 17.4 Å². The zero-order valence-corrected chi connectivity index (χ0v) is 10.6. The van der Waals surface area contributed by atoms with Crippen molar-refractivity contribution >= 4 is 29.3 Å². The summed E-state index contributed by atoms with van der Waals surface area (Å²) < 4.78 is 0. The van der Waals surface area contributed by atoms with Crippen molar-refractivity contribution in [2.24, 2.45) is 0 Å². The topological polar surface area (TPSA) is 120 Å². The summed E-state index contributed by atoms with van der Waals surface area (Å²) in [5.41, 5.74) is 6.44. The van der Waals surface area contributed by atoms with Crippen LogP contribution in [0.1, 0.15) is 5.56 Å². The number of carbonyl (C=O) groups excluding carboxylic acids is 1. The minimum Gasteiger partial charge on any atom is -0.368 e. The van der Waals surface area contributed by atoms with Crippen LogP contribution in [0, 0.1) is 11.3 Å². The lowest BCUT2D eigenvalue weighted by atomic mass is 10.2. The smallest absolute Gasteiger partial charge is 0.234 e. The number of nitrogens with zero attached hydrogens (tertiary/aromatic N) is 3. The number of nitrogens with one attached hydrogen (secondary N) is 2. The molecule has 1 heterocycles. The average molecular weight is 274 g/mol. The van der Waals surface area contributed by atoms with Gasteiger partial charge in [-0.1, -0.05) is 17.8 Å². The molecule has 7 nitrogen and oxygen atoms in total. The predicted molar refractivity (Wildman–Crippen MR) is 71.3 cm³/mol. The first-order valence-electron chi connectivity index (χ1n) is 5.28. The second kappa shape index (κ2) is 5.88. The number of hydrogen-bond donors (Lipinski definition) is 3. The van der Waals surface area contributed by atoms with Gasteiger partial charge in [0.1, 0.15) is 0 Å². The highest BCUT2D eigenvalue weighted by molar-refractivity contribution is 7.99. The van der Waals surface area contributed by atoms with E-state index in [1.54, 1.807) is 24.3 Å². The van der Waals surface area contributed by atoms with Crippen molar-refractivity contribution in [3.8, 4) is 6.07 Å². The third-order valence-corrected chi connectivity index (χ3v) is 2.94. The number of nitriles is 1. The maximum absolute atomic E-state index is 11.7. The molecule has 96 valence electrons. The predicted octanol–water partition coefficient (Wildman–Crippen LogP) is 0.989. The zero-order valence-electron chi connectivity index (χ0n) is 9.75. The van der Waals surface area contributed by atoms with Crippen LogP contribution in [0.15, 0.2) is 29.4 Å². The monoisotopic (exact) mass is 274 g/mol. The Bertz CT molecular complexity index is 632. The van der Waals surface area contributed by atoms with Crippen LogP contribution >= 0.6 is 11.8 Å². The highest BCUT2D eigenvalue weighted by Crippen LogP contribution is 2.14. The number of hydrogen-bond acceptors (Lipinski definition) is 6. The van der Waals surface area contributed by atoms with E-state index in [2.05, 4.69) is 20.5 Å². The van der Waals surface area contributed by atoms with E-state index in [4.69, 9.17) is 11.0 Å². The summed E-state index contributed by atoms with van der Waals surface area (Å²) in [6, 6.07) is 8.70. The molecule has 2 aromatic rings. The van der Waals surface area contributed by atoms with E-state index in [1.807, 2.05) is 6.07 Å². The molecule has 1 aromatic carbocycles. The summed E-state index contributed by atoms with van der Waals surface area (Å²) in [4.78, 5) is 15.5. The fourth-order valence-corrected chi connectivity index (χ4v) is 1.92. The van der Waals surface area contributed by atoms with Gasteiger partial charge in [-0.15, -0.1) is 5.10 Å². The Labute approximate surface area is 113 Å². The highest BCUT2D eigenvalue weighted by Gasteiger charge is 2.07. The molecular formula is C11H10N6OS. The van der Waals surface area contributed by atoms with E-state index in [9.17, 15) is 4.79 Å². The molecule has 8 heteroatoms. The van der Waals surface area contributed by atoms with Crippen molar-refractivity contribution in [2.45, 2.75) is 5.16 Å². The number of anilines is 2. The second-order valence-corrected chi connectivity index (χ2v) is 4.48. The molecule has 0 radical (unpaired) electrons. The number of rotatable bonds is 4. The van der Waals surface area contributed by atoms with Crippen LogP contribution in [0.2, 0.25) is 0 Å². The third-order valence-electron chi connectivity index (χ3n) is 2.09. The van der Waals surface area contributed by atoms with E-state index in [0.717, 1.165) is 0 Å². The fraction of sp³-hybridized carbons (Fsp3) is 0.0909. The van der Waals surface area contributed by atoms with Gasteiger partial charge >= 0.3 is 0 Å². The number of thioether (sulfide) groups is 1. The maximum Gasteiger partial charge on any atom is 0.234 e. The molecule has 0 aliphatic rings. The molecular weight excluding hydrogens is 264 g/mol. The van der Waals surface area contributed by atoms with E-state index in [0.29, 0.717) is 16.4 Å². The number of carbonyl (C=O) groups is 1. The van der Waals surface area contributed by atoms with Gasteiger partial charge in [-0.2, -0.15) is 10.2 Å². The summed E-state index contributed by atoms with van der Waals surface area (Å²) in [5.74, 6) is 0.168. The minimum atomic E-state index is -0.205. The molecule has 0 aliphatic carbocycles. The lowest BCUT2D eigenvalue weighted by Gasteiger charge is -2.03. The van der Waals surface area contributed by atoms with Crippen LogP contribution < -0.4 is 11.1 Å². The highest BCUT2D eigenvalue weighted by atomic mass is 32.2. The van der Waals surface area contributed by atoms with Gasteiger partial charge in [-0.3, -0.25) is 4.79 Å². The van der Waals surface area contributed by atoms with Crippen molar-refractivity contribution in [1.29, 1.82) is 5.26 Å². The molecule has 0 atom stereocenters. The van der Waals surface area contributed by atoms with Gasteiger partial charge < -0.3 is 11.1 Å². The molecule has 0 fully saturated rings. The SMILES string of the molecule is N#Cc1cccc(NC(=O)CSc2n[nH]c(N)n2)c1. The van der Waals surface area contributed by atoms with Crippen molar-refractivity contribution in [2.75, 3.05) is 16.8 Å². The minimum absolute atomic E-state index is 0.161. The fourth-order valence-electron chi connectivity index (χ4n) is 1.32. The van der Waals surface area contributed by atoms with E-state index >= 15 is 0 Å². The van der Waals surface area contributed by atoms with E-state index in [-0.39, 0.29) is 17.6 Å². The lowest BCUT2D eigenvalue weighted by Crippen LogP contribution is -2.14. The summed E-state index contributed by atoms with van der Waals surface area (Å²) in [6.45, 7) is 0. The van der Waals surface area contributed by atoms with E-state index in [1.165, 1.54) is 11.8 Å². The van der Waals surface area contributed by atoms with Crippen LogP contribution in [-0.2, 0) is 4.79 Å². The van der Waals surface area contributed by atoms with Crippen molar-refractivity contribution < 1.29 is 4.79 Å². The van der Waals surface area contributed by atoms with Gasteiger partial charge in [0, 0.05) is 5.69 Å². The maximum atomic E-state index is 11.7. The molecule has 0 saturated heterocycles. The third kappa shape index (κ3) is 3.72. The molecule has 0 spiro atoms. The standard InChI is InChI=1S/C11H10N6OS/c12-5-7-2-1-3-8(4-7)14-9(18)6-19-11-15-10(13)16-17-11/h1-4H,6H2,(H,14,18)(H3,13,15,16,17). The summed E-state index contributed by atoms with van der Waals surface area (Å²) in [7, 11) is 0. The normalized spacial score (nSPS) is 9.84. The van der Waals surface area contributed by atoms with Gasteiger partial charge in [0.15, 0.2) is 0 Å². The van der Waals surface area contributed by atoms with Crippen molar-refractivity contribution in [3.63, 3.8) is 0 Å². The van der Waals surface area contributed by atoms with Gasteiger partial charge in [0.2, 0.25) is 17.0 Å². The molecule has 0 aliphatic heterocycles. The molecule has 0 unspecified atom stereocenters. The number of H-pyrrole nitrogens is 1. The molecule has 0 bridgehead atoms. The van der Waals surface area contributed by atoms with Crippen LogP contribution in [0.25, 0.3) is 0 Å². The summed E-state index contributed by atoms with van der Waals surface area (Å²) in [5, 5.41) is 18.1. The number of nitrogen functional groups attached to an aromatic ring is 1. The van der Waals surface area contributed by atoms with E-state index < -0.39 is 0 Å². The van der Waals surface area contributed by atoms with Crippen LogP contribution in [0.4, 0.5) is 11.6 Å².